The van der Waals surface area contributed by atoms with Crippen LogP contribution < -0.4 is 5.43 Å². The molecule has 0 aromatic carbocycles. The third-order valence-corrected chi connectivity index (χ3v) is 2.99. The van der Waals surface area contributed by atoms with Crippen LogP contribution in [0.1, 0.15) is 14.5 Å². The summed E-state index contributed by atoms with van der Waals surface area (Å²) in [4.78, 5) is 12.0. The summed E-state index contributed by atoms with van der Waals surface area (Å²) >= 11 is 1.29. The van der Waals surface area contributed by atoms with Gasteiger partial charge in [0.1, 0.15) is 4.88 Å². The van der Waals surface area contributed by atoms with Crippen molar-refractivity contribution < 1.29 is 9.90 Å². The fraction of sp³-hybridized carbons (Fsp3) is 0.100. The molecule has 0 bridgehead atoms. The first kappa shape index (κ1) is 9.79. The van der Waals surface area contributed by atoms with E-state index in [1.54, 1.807) is 6.07 Å². The number of carbonyl (C=O) groups is 1. The van der Waals surface area contributed by atoms with E-state index in [2.05, 4.69) is 5.43 Å². The van der Waals surface area contributed by atoms with Gasteiger partial charge in [-0.2, -0.15) is 0 Å². The molecule has 5 heteroatoms. The average Bonchev–Trinajstić information content (AvgIpc) is 2.86. The van der Waals surface area contributed by atoms with E-state index in [0.717, 1.165) is 4.88 Å². The molecule has 0 saturated heterocycles. The number of rotatable bonds is 4. The first-order valence-electron chi connectivity index (χ1n) is 4.44. The molecule has 0 unspecified atom stereocenters. The van der Waals surface area contributed by atoms with Gasteiger partial charge in [-0.25, -0.2) is 4.79 Å². The largest absolute Gasteiger partial charge is 0.477 e. The van der Waals surface area contributed by atoms with E-state index in [1.807, 2.05) is 35.3 Å². The number of nitrogens with one attached hydrogen (secondary N) is 1. The molecule has 2 heterocycles. The van der Waals surface area contributed by atoms with Gasteiger partial charge in [0.15, 0.2) is 0 Å². The molecule has 0 spiro atoms. The molecule has 0 radical (unpaired) electrons. The summed E-state index contributed by atoms with van der Waals surface area (Å²) in [5, 5.41) is 8.74. The van der Waals surface area contributed by atoms with Crippen LogP contribution in [-0.2, 0) is 6.54 Å². The Balaban J connectivity index is 1.96. The number of nitrogens with zero attached hydrogens (tertiary/aromatic N) is 1. The Morgan fingerprint density at radius 3 is 2.73 bits per heavy atom. The van der Waals surface area contributed by atoms with Crippen molar-refractivity contribution in [1.29, 1.82) is 0 Å². The number of carboxylic acids is 1. The van der Waals surface area contributed by atoms with Gasteiger partial charge in [-0.15, -0.1) is 11.3 Å². The number of aromatic carboxylic acids is 1. The Kier molecular flexibility index (Phi) is 2.73. The fourth-order valence-corrected chi connectivity index (χ4v) is 1.98. The second-order valence-corrected chi connectivity index (χ2v) is 4.16. The zero-order valence-corrected chi connectivity index (χ0v) is 8.70. The summed E-state index contributed by atoms with van der Waals surface area (Å²) in [6, 6.07) is 7.29. The molecule has 0 aliphatic heterocycles. The van der Waals surface area contributed by atoms with E-state index in [1.165, 1.54) is 11.3 Å². The molecule has 78 valence electrons. The van der Waals surface area contributed by atoms with Crippen LogP contribution in [0.4, 0.5) is 0 Å². The third kappa shape index (κ3) is 2.38. The molecule has 0 amide bonds. The maximum absolute atomic E-state index is 10.6. The summed E-state index contributed by atoms with van der Waals surface area (Å²) in [7, 11) is 0. The third-order valence-electron chi connectivity index (χ3n) is 1.91. The number of carboxylic acid groups (broad SMARTS) is 1. The van der Waals surface area contributed by atoms with E-state index in [0.29, 0.717) is 11.4 Å². The zero-order valence-electron chi connectivity index (χ0n) is 7.88. The van der Waals surface area contributed by atoms with E-state index in [9.17, 15) is 4.79 Å². The molecule has 2 rings (SSSR count). The molecule has 4 nitrogen and oxygen atoms in total. The number of hydrogen-bond acceptors (Lipinski definition) is 3. The van der Waals surface area contributed by atoms with Crippen LogP contribution in [0.15, 0.2) is 36.7 Å². The van der Waals surface area contributed by atoms with Crippen molar-refractivity contribution in [2.24, 2.45) is 0 Å². The van der Waals surface area contributed by atoms with E-state index in [-0.39, 0.29) is 0 Å². The molecule has 0 aliphatic carbocycles. The predicted octanol–water partition coefficient (Wildman–Crippen LogP) is 1.99. The number of aromatic nitrogens is 1. The smallest absolute Gasteiger partial charge is 0.345 e. The Bertz CT molecular complexity index is 448. The molecule has 2 aromatic rings. The average molecular weight is 222 g/mol. The monoisotopic (exact) mass is 222 g/mol. The van der Waals surface area contributed by atoms with Crippen molar-refractivity contribution in [2.45, 2.75) is 6.54 Å². The molecule has 2 N–H and O–H groups in total. The highest BCUT2D eigenvalue weighted by Gasteiger charge is 2.05. The summed E-state index contributed by atoms with van der Waals surface area (Å²) in [6.07, 6.45) is 3.79. The molecule has 2 aromatic heterocycles. The Labute approximate surface area is 90.8 Å². The second kappa shape index (κ2) is 4.18. The molecule has 0 atom stereocenters. The molecule has 15 heavy (non-hydrogen) atoms. The highest BCUT2D eigenvalue weighted by atomic mass is 32.1. The zero-order chi connectivity index (χ0) is 10.7. The Morgan fingerprint density at radius 2 is 2.13 bits per heavy atom. The highest BCUT2D eigenvalue weighted by molar-refractivity contribution is 7.13. The fourth-order valence-electron chi connectivity index (χ4n) is 1.20. The van der Waals surface area contributed by atoms with Crippen molar-refractivity contribution in [2.75, 3.05) is 5.43 Å². The van der Waals surface area contributed by atoms with Gasteiger partial charge in [-0.05, 0) is 24.3 Å². The van der Waals surface area contributed by atoms with Crippen molar-refractivity contribution in [1.82, 2.24) is 4.68 Å². The molecular weight excluding hydrogens is 212 g/mol. The lowest BCUT2D eigenvalue weighted by molar-refractivity contribution is 0.0702. The summed E-state index contributed by atoms with van der Waals surface area (Å²) < 4.78 is 1.83. The van der Waals surface area contributed by atoms with Crippen molar-refractivity contribution in [3.05, 3.63) is 46.4 Å². The number of thiophene rings is 1. The van der Waals surface area contributed by atoms with Gasteiger partial charge in [0.25, 0.3) is 0 Å². The summed E-state index contributed by atoms with van der Waals surface area (Å²) in [6.45, 7) is 0.632. The number of hydrogen-bond donors (Lipinski definition) is 2. The van der Waals surface area contributed by atoms with Crippen LogP contribution in [0.5, 0.6) is 0 Å². The van der Waals surface area contributed by atoms with Crippen molar-refractivity contribution in [3.63, 3.8) is 0 Å². The van der Waals surface area contributed by atoms with Crippen LogP contribution >= 0.6 is 11.3 Å². The summed E-state index contributed by atoms with van der Waals surface area (Å²) in [5.41, 5.74) is 3.13. The lowest BCUT2D eigenvalue weighted by Crippen LogP contribution is -2.10. The maximum atomic E-state index is 10.6. The van der Waals surface area contributed by atoms with Crippen LogP contribution in [-0.4, -0.2) is 15.8 Å². The minimum atomic E-state index is -0.868. The molecule has 0 saturated carbocycles. The Hall–Kier alpha value is -1.75. The van der Waals surface area contributed by atoms with Crippen LogP contribution in [0.25, 0.3) is 0 Å². The second-order valence-electron chi connectivity index (χ2n) is 3.00. The quantitative estimate of drug-likeness (QED) is 0.831. The van der Waals surface area contributed by atoms with E-state index >= 15 is 0 Å². The van der Waals surface area contributed by atoms with Crippen LogP contribution in [0.2, 0.25) is 0 Å². The van der Waals surface area contributed by atoms with E-state index in [4.69, 9.17) is 5.11 Å². The first-order chi connectivity index (χ1) is 7.25. The normalized spacial score (nSPS) is 10.1. The highest BCUT2D eigenvalue weighted by Crippen LogP contribution is 2.16. The van der Waals surface area contributed by atoms with Gasteiger partial charge in [0, 0.05) is 17.3 Å². The van der Waals surface area contributed by atoms with Gasteiger partial charge in [0.05, 0.1) is 6.54 Å². The van der Waals surface area contributed by atoms with Gasteiger partial charge >= 0.3 is 5.97 Å². The van der Waals surface area contributed by atoms with E-state index < -0.39 is 5.97 Å². The predicted molar refractivity (Wildman–Crippen MR) is 58.8 cm³/mol. The lowest BCUT2D eigenvalue weighted by Gasteiger charge is -2.04. The summed E-state index contributed by atoms with van der Waals surface area (Å²) in [5.74, 6) is -0.868. The topological polar surface area (TPSA) is 54.3 Å². The minimum absolute atomic E-state index is 0.374. The van der Waals surface area contributed by atoms with Crippen LogP contribution in [0, 0.1) is 0 Å². The lowest BCUT2D eigenvalue weighted by atomic mass is 10.4. The van der Waals surface area contributed by atoms with Crippen molar-refractivity contribution >= 4 is 17.3 Å². The first-order valence-corrected chi connectivity index (χ1v) is 5.26. The van der Waals surface area contributed by atoms with Gasteiger partial charge < -0.3 is 10.5 Å². The standard InChI is InChI=1S/C10H10N2O2S/c13-10(14)9-4-3-8(15-9)7-11-12-5-1-2-6-12/h1-6,11H,7H2,(H,13,14). The molecule has 0 fully saturated rings. The van der Waals surface area contributed by atoms with Gasteiger partial charge in [-0.3, -0.25) is 4.68 Å². The maximum Gasteiger partial charge on any atom is 0.345 e. The van der Waals surface area contributed by atoms with Crippen LogP contribution in [0.3, 0.4) is 0 Å². The molecule has 0 aliphatic rings. The van der Waals surface area contributed by atoms with Gasteiger partial charge in [0.2, 0.25) is 0 Å². The van der Waals surface area contributed by atoms with Gasteiger partial charge in [-0.1, -0.05) is 0 Å². The van der Waals surface area contributed by atoms with Crippen molar-refractivity contribution in [3.8, 4) is 0 Å². The molecular formula is C10H10N2O2S. The Morgan fingerprint density at radius 1 is 1.40 bits per heavy atom. The SMILES string of the molecule is O=C(O)c1ccc(CNn2cccc2)s1. The minimum Gasteiger partial charge on any atom is -0.477 e.